The minimum Gasteiger partial charge on any atom is -0.491 e. The van der Waals surface area contributed by atoms with Crippen molar-refractivity contribution in [1.82, 2.24) is 5.32 Å². The molecule has 0 amide bonds. The van der Waals surface area contributed by atoms with Gasteiger partial charge in [-0.2, -0.15) is 0 Å². The van der Waals surface area contributed by atoms with E-state index in [1.807, 2.05) is 26.0 Å². The molecule has 17 heavy (non-hydrogen) atoms. The molecule has 0 aliphatic rings. The monoisotopic (exact) mass is 237 g/mol. The van der Waals surface area contributed by atoms with Crippen molar-refractivity contribution in [3.8, 4) is 5.75 Å². The summed E-state index contributed by atoms with van der Waals surface area (Å²) >= 11 is 0. The smallest absolute Gasteiger partial charge is 0.119 e. The van der Waals surface area contributed by atoms with Crippen molar-refractivity contribution < 1.29 is 9.84 Å². The zero-order chi connectivity index (χ0) is 12.8. The van der Waals surface area contributed by atoms with Crippen LogP contribution in [0, 0.1) is 0 Å². The predicted octanol–water partition coefficient (Wildman–Crippen LogP) is 2.51. The molecule has 3 heteroatoms. The van der Waals surface area contributed by atoms with Gasteiger partial charge in [0.2, 0.25) is 0 Å². The van der Waals surface area contributed by atoms with Crippen molar-refractivity contribution in [2.75, 3.05) is 6.54 Å². The lowest BCUT2D eigenvalue weighted by atomic mass is 10.1. The molecule has 0 fully saturated rings. The molecular weight excluding hydrogens is 214 g/mol. The first kappa shape index (κ1) is 14.0. The molecule has 2 unspecified atom stereocenters. The van der Waals surface area contributed by atoms with Crippen molar-refractivity contribution >= 4 is 0 Å². The number of benzene rings is 1. The average Bonchev–Trinajstić information content (AvgIpc) is 2.26. The van der Waals surface area contributed by atoms with Crippen molar-refractivity contribution in [2.24, 2.45) is 0 Å². The van der Waals surface area contributed by atoms with Gasteiger partial charge in [0, 0.05) is 12.6 Å². The zero-order valence-electron chi connectivity index (χ0n) is 11.1. The molecule has 0 aliphatic carbocycles. The van der Waals surface area contributed by atoms with Crippen LogP contribution in [0.15, 0.2) is 24.3 Å². The van der Waals surface area contributed by atoms with Crippen LogP contribution in [0.1, 0.15) is 39.3 Å². The van der Waals surface area contributed by atoms with Gasteiger partial charge in [0.25, 0.3) is 0 Å². The number of ether oxygens (including phenoxy) is 1. The van der Waals surface area contributed by atoms with Crippen molar-refractivity contribution in [1.29, 1.82) is 0 Å². The molecule has 2 atom stereocenters. The van der Waals surface area contributed by atoms with E-state index in [1.54, 1.807) is 6.92 Å². The molecule has 96 valence electrons. The first-order chi connectivity index (χ1) is 7.99. The maximum absolute atomic E-state index is 9.21. The highest BCUT2D eigenvalue weighted by Crippen LogP contribution is 2.18. The van der Waals surface area contributed by atoms with E-state index >= 15 is 0 Å². The van der Waals surface area contributed by atoms with Gasteiger partial charge in [-0.1, -0.05) is 12.1 Å². The topological polar surface area (TPSA) is 41.5 Å². The van der Waals surface area contributed by atoms with Crippen LogP contribution < -0.4 is 10.1 Å². The normalized spacial score (nSPS) is 14.7. The van der Waals surface area contributed by atoms with Gasteiger partial charge in [-0.3, -0.25) is 0 Å². The number of hydrogen-bond donors (Lipinski definition) is 2. The van der Waals surface area contributed by atoms with E-state index in [-0.39, 0.29) is 18.2 Å². The molecule has 0 bridgehead atoms. The van der Waals surface area contributed by atoms with Crippen molar-refractivity contribution in [3.05, 3.63) is 29.8 Å². The number of hydrogen-bond acceptors (Lipinski definition) is 3. The van der Waals surface area contributed by atoms with Gasteiger partial charge in [-0.25, -0.2) is 0 Å². The van der Waals surface area contributed by atoms with E-state index in [2.05, 4.69) is 24.4 Å². The van der Waals surface area contributed by atoms with E-state index in [9.17, 15) is 5.11 Å². The van der Waals surface area contributed by atoms with Crippen LogP contribution >= 0.6 is 0 Å². The SMILES string of the molecule is CC(O)CNC(C)c1ccc(OC(C)C)cc1. The molecule has 3 nitrogen and oxygen atoms in total. The fourth-order valence-electron chi connectivity index (χ4n) is 1.57. The molecule has 0 radical (unpaired) electrons. The quantitative estimate of drug-likeness (QED) is 0.798. The second kappa shape index (κ2) is 6.62. The largest absolute Gasteiger partial charge is 0.491 e. The molecular formula is C14H23NO2. The second-order valence-corrected chi connectivity index (χ2v) is 4.71. The third kappa shape index (κ3) is 5.20. The summed E-state index contributed by atoms with van der Waals surface area (Å²) in [7, 11) is 0. The van der Waals surface area contributed by atoms with Crippen LogP contribution in [0.2, 0.25) is 0 Å². The Morgan fingerprint density at radius 2 is 1.71 bits per heavy atom. The number of rotatable bonds is 6. The lowest BCUT2D eigenvalue weighted by molar-refractivity contribution is 0.187. The summed E-state index contributed by atoms with van der Waals surface area (Å²) in [5.41, 5.74) is 1.20. The van der Waals surface area contributed by atoms with Crippen LogP contribution in [-0.4, -0.2) is 23.9 Å². The number of aliphatic hydroxyl groups is 1. The fraction of sp³-hybridized carbons (Fsp3) is 0.571. The molecule has 1 rings (SSSR count). The van der Waals surface area contributed by atoms with E-state index in [0.29, 0.717) is 6.54 Å². The maximum atomic E-state index is 9.21. The van der Waals surface area contributed by atoms with Crippen molar-refractivity contribution in [2.45, 2.75) is 45.9 Å². The maximum Gasteiger partial charge on any atom is 0.119 e. The minimum absolute atomic E-state index is 0.201. The highest BCUT2D eigenvalue weighted by molar-refractivity contribution is 5.29. The summed E-state index contributed by atoms with van der Waals surface area (Å²) in [5, 5.41) is 12.5. The summed E-state index contributed by atoms with van der Waals surface area (Å²) < 4.78 is 5.59. The Balaban J connectivity index is 2.54. The van der Waals surface area contributed by atoms with E-state index < -0.39 is 0 Å². The summed E-state index contributed by atoms with van der Waals surface area (Å²) in [4.78, 5) is 0. The summed E-state index contributed by atoms with van der Waals surface area (Å²) in [6.45, 7) is 8.49. The van der Waals surface area contributed by atoms with Gasteiger partial charge in [-0.05, 0) is 45.4 Å². The Morgan fingerprint density at radius 1 is 1.12 bits per heavy atom. The molecule has 0 aliphatic heterocycles. The van der Waals surface area contributed by atoms with E-state index in [4.69, 9.17) is 4.74 Å². The van der Waals surface area contributed by atoms with Crippen LogP contribution in [0.3, 0.4) is 0 Å². The highest BCUT2D eigenvalue weighted by atomic mass is 16.5. The molecule has 0 heterocycles. The Labute approximate surface area is 104 Å². The predicted molar refractivity (Wildman–Crippen MR) is 70.3 cm³/mol. The Bertz CT molecular complexity index is 319. The minimum atomic E-state index is -0.319. The van der Waals surface area contributed by atoms with E-state index in [0.717, 1.165) is 5.75 Å². The van der Waals surface area contributed by atoms with Gasteiger partial charge < -0.3 is 15.2 Å². The van der Waals surface area contributed by atoms with Crippen LogP contribution in [0.4, 0.5) is 0 Å². The lowest BCUT2D eigenvalue weighted by Crippen LogP contribution is -2.27. The molecule has 0 saturated carbocycles. The first-order valence-corrected chi connectivity index (χ1v) is 6.17. The van der Waals surface area contributed by atoms with Gasteiger partial charge in [0.1, 0.15) is 5.75 Å². The van der Waals surface area contributed by atoms with Gasteiger partial charge in [-0.15, -0.1) is 0 Å². The van der Waals surface area contributed by atoms with Gasteiger partial charge in [0.15, 0.2) is 0 Å². The van der Waals surface area contributed by atoms with Gasteiger partial charge >= 0.3 is 0 Å². The molecule has 0 aromatic heterocycles. The number of nitrogens with one attached hydrogen (secondary N) is 1. The standard InChI is InChI=1S/C14H23NO2/c1-10(2)17-14-7-5-13(6-8-14)12(4)15-9-11(3)16/h5-8,10-12,15-16H,9H2,1-4H3. The Morgan fingerprint density at radius 3 is 2.18 bits per heavy atom. The van der Waals surface area contributed by atoms with Crippen molar-refractivity contribution in [3.63, 3.8) is 0 Å². The zero-order valence-corrected chi connectivity index (χ0v) is 11.1. The molecule has 0 saturated heterocycles. The van der Waals surface area contributed by atoms with Gasteiger partial charge in [0.05, 0.1) is 12.2 Å². The Kier molecular flexibility index (Phi) is 5.45. The molecule has 1 aromatic rings. The first-order valence-electron chi connectivity index (χ1n) is 6.17. The second-order valence-electron chi connectivity index (χ2n) is 4.71. The average molecular weight is 237 g/mol. The molecule has 0 spiro atoms. The van der Waals surface area contributed by atoms with E-state index in [1.165, 1.54) is 5.56 Å². The summed E-state index contributed by atoms with van der Waals surface area (Å²) in [5.74, 6) is 0.895. The van der Waals surface area contributed by atoms with Crippen LogP contribution in [0.5, 0.6) is 5.75 Å². The molecule has 2 N–H and O–H groups in total. The lowest BCUT2D eigenvalue weighted by Gasteiger charge is -2.16. The fourth-order valence-corrected chi connectivity index (χ4v) is 1.57. The summed E-state index contributed by atoms with van der Waals surface area (Å²) in [6, 6.07) is 8.30. The third-order valence-corrected chi connectivity index (χ3v) is 2.47. The van der Waals surface area contributed by atoms with Crippen LogP contribution in [0.25, 0.3) is 0 Å². The molecule has 1 aromatic carbocycles. The van der Waals surface area contributed by atoms with Crippen LogP contribution in [-0.2, 0) is 0 Å². The highest BCUT2D eigenvalue weighted by Gasteiger charge is 2.06. The Hall–Kier alpha value is -1.06. The third-order valence-electron chi connectivity index (χ3n) is 2.47. The summed E-state index contributed by atoms with van der Waals surface area (Å²) in [6.07, 6.45) is -0.118. The number of aliphatic hydroxyl groups excluding tert-OH is 1.